The van der Waals surface area contributed by atoms with Crippen molar-refractivity contribution in [3.63, 3.8) is 0 Å². The van der Waals surface area contributed by atoms with Crippen molar-refractivity contribution in [2.75, 3.05) is 18.0 Å². The number of halogens is 1. The Kier molecular flexibility index (Phi) is 4.64. The number of hydrogen-bond acceptors (Lipinski definition) is 6. The van der Waals surface area contributed by atoms with E-state index < -0.39 is 5.82 Å². The maximum absolute atomic E-state index is 14.3. The van der Waals surface area contributed by atoms with E-state index in [1.807, 2.05) is 26.0 Å². The Morgan fingerprint density at radius 3 is 2.78 bits per heavy atom. The predicted molar refractivity (Wildman–Crippen MR) is 121 cm³/mol. The first kappa shape index (κ1) is 20.1. The number of imidazole rings is 1. The number of H-pyrrole nitrogens is 1. The van der Waals surface area contributed by atoms with Gasteiger partial charge in [-0.2, -0.15) is 5.26 Å². The molecule has 4 heterocycles. The Morgan fingerprint density at radius 2 is 2.06 bits per heavy atom. The molecule has 32 heavy (non-hydrogen) atoms. The molecule has 0 aliphatic carbocycles. The van der Waals surface area contributed by atoms with Gasteiger partial charge >= 0.3 is 0 Å². The Morgan fingerprint density at radius 1 is 1.25 bits per heavy atom. The molecule has 160 valence electrons. The Labute approximate surface area is 184 Å². The van der Waals surface area contributed by atoms with Gasteiger partial charge < -0.3 is 15.6 Å². The van der Waals surface area contributed by atoms with E-state index in [0.29, 0.717) is 23.6 Å². The summed E-state index contributed by atoms with van der Waals surface area (Å²) in [5.41, 5.74) is 11.8. The lowest BCUT2D eigenvalue weighted by molar-refractivity contribution is 0.525. The van der Waals surface area contributed by atoms with E-state index >= 15 is 0 Å². The molecule has 8 heteroatoms. The number of rotatable bonds is 3. The first-order valence-corrected chi connectivity index (χ1v) is 10.4. The van der Waals surface area contributed by atoms with E-state index in [1.165, 1.54) is 12.1 Å². The number of nitrogens with one attached hydrogen (secondary N) is 1. The highest BCUT2D eigenvalue weighted by Crippen LogP contribution is 2.41. The zero-order valence-corrected chi connectivity index (χ0v) is 17.9. The number of fused-ring (bicyclic) bond motifs is 1. The second kappa shape index (κ2) is 7.39. The van der Waals surface area contributed by atoms with Gasteiger partial charge in [0.25, 0.3) is 0 Å². The van der Waals surface area contributed by atoms with Gasteiger partial charge in [-0.05, 0) is 55.7 Å². The van der Waals surface area contributed by atoms with Crippen molar-refractivity contribution in [1.29, 1.82) is 5.26 Å². The van der Waals surface area contributed by atoms with Crippen LogP contribution in [0.25, 0.3) is 33.7 Å². The van der Waals surface area contributed by atoms with Crippen molar-refractivity contribution in [2.45, 2.75) is 25.8 Å². The molecule has 5 rings (SSSR count). The van der Waals surface area contributed by atoms with Crippen LogP contribution in [0.15, 0.2) is 42.9 Å². The second-order valence-electron chi connectivity index (χ2n) is 8.66. The summed E-state index contributed by atoms with van der Waals surface area (Å²) in [4.78, 5) is 19.1. The van der Waals surface area contributed by atoms with E-state index in [-0.39, 0.29) is 11.1 Å². The zero-order chi connectivity index (χ0) is 22.5. The Bertz CT molecular complexity index is 1380. The molecule has 1 aliphatic rings. The average molecular weight is 427 g/mol. The van der Waals surface area contributed by atoms with Crippen LogP contribution in [0.1, 0.15) is 24.5 Å². The number of benzene rings is 1. The minimum atomic E-state index is -0.468. The van der Waals surface area contributed by atoms with Crippen molar-refractivity contribution in [1.82, 2.24) is 19.9 Å². The number of pyridine rings is 2. The summed E-state index contributed by atoms with van der Waals surface area (Å²) >= 11 is 0. The summed E-state index contributed by atoms with van der Waals surface area (Å²) in [5.74, 6) is 0.165. The fourth-order valence-corrected chi connectivity index (χ4v) is 4.33. The standard InChI is InChI=1S/C24H22FN7/c1-14-3-5-29-23-20(14)30-22(31-23)19-12-28-11-18(16-7-15(10-26)8-17(25)9-16)21(19)32-6-4-24(2,27)13-32/h3,5,7-9,11-12H,4,6,13,27H2,1-2H3,(H,29,30,31). The number of aromatic nitrogens is 4. The predicted octanol–water partition coefficient (Wildman–Crippen LogP) is 3.93. The highest BCUT2D eigenvalue weighted by Gasteiger charge is 2.33. The quantitative estimate of drug-likeness (QED) is 0.513. The van der Waals surface area contributed by atoms with Crippen LogP contribution in [0.2, 0.25) is 0 Å². The monoisotopic (exact) mass is 427 g/mol. The molecule has 0 spiro atoms. The molecule has 1 fully saturated rings. The number of nitrogens with zero attached hydrogens (tertiary/aromatic N) is 5. The molecule has 4 aromatic rings. The highest BCUT2D eigenvalue weighted by atomic mass is 19.1. The van der Waals surface area contributed by atoms with Gasteiger partial charge in [0, 0.05) is 42.8 Å². The van der Waals surface area contributed by atoms with Gasteiger partial charge in [-0.1, -0.05) is 0 Å². The largest absolute Gasteiger partial charge is 0.368 e. The highest BCUT2D eigenvalue weighted by molar-refractivity contribution is 5.91. The maximum Gasteiger partial charge on any atom is 0.178 e. The third-order valence-corrected chi connectivity index (χ3v) is 5.93. The van der Waals surface area contributed by atoms with Crippen molar-refractivity contribution in [3.05, 3.63) is 59.8 Å². The third-order valence-electron chi connectivity index (χ3n) is 5.93. The summed E-state index contributed by atoms with van der Waals surface area (Å²) in [6.45, 7) is 5.40. The number of hydrogen-bond donors (Lipinski definition) is 2. The minimum Gasteiger partial charge on any atom is -0.368 e. The summed E-state index contributed by atoms with van der Waals surface area (Å²) in [5, 5.41) is 9.34. The Hall–Kier alpha value is -3.83. The van der Waals surface area contributed by atoms with Crippen LogP contribution < -0.4 is 10.6 Å². The fraction of sp³-hybridized carbons (Fsp3) is 0.250. The number of nitriles is 1. The SMILES string of the molecule is Cc1ccnc2nc(-c3cncc(-c4cc(F)cc(C#N)c4)c3N3CCC(C)(N)C3)[nH]c12. The molecule has 3 aromatic heterocycles. The van der Waals surface area contributed by atoms with E-state index in [9.17, 15) is 9.65 Å². The lowest BCUT2D eigenvalue weighted by atomic mass is 9.99. The molecular weight excluding hydrogens is 405 g/mol. The molecule has 0 radical (unpaired) electrons. The molecule has 7 nitrogen and oxygen atoms in total. The van der Waals surface area contributed by atoms with Gasteiger partial charge in [-0.25, -0.2) is 14.4 Å². The van der Waals surface area contributed by atoms with E-state index in [2.05, 4.69) is 19.9 Å². The average Bonchev–Trinajstić information content (AvgIpc) is 3.36. The molecule has 3 N–H and O–H groups in total. The van der Waals surface area contributed by atoms with Gasteiger partial charge in [0.15, 0.2) is 5.65 Å². The third kappa shape index (κ3) is 3.47. The molecule has 1 saturated heterocycles. The lowest BCUT2D eigenvalue weighted by Gasteiger charge is -2.26. The molecule has 1 aliphatic heterocycles. The maximum atomic E-state index is 14.3. The number of nitrogens with two attached hydrogens (primary N) is 1. The number of aromatic amines is 1. The molecular formula is C24H22FN7. The molecule has 0 bridgehead atoms. The van der Waals surface area contributed by atoms with Crippen LogP contribution >= 0.6 is 0 Å². The molecule has 0 saturated carbocycles. The van der Waals surface area contributed by atoms with E-state index in [0.717, 1.165) is 40.9 Å². The first-order chi connectivity index (χ1) is 15.3. The van der Waals surface area contributed by atoms with Crippen LogP contribution in [0.3, 0.4) is 0 Å². The first-order valence-electron chi connectivity index (χ1n) is 10.4. The van der Waals surface area contributed by atoms with Gasteiger partial charge in [-0.15, -0.1) is 0 Å². The van der Waals surface area contributed by atoms with Crippen LogP contribution in [-0.4, -0.2) is 38.6 Å². The van der Waals surface area contributed by atoms with Gasteiger partial charge in [-0.3, -0.25) is 4.98 Å². The van der Waals surface area contributed by atoms with Crippen LogP contribution in [-0.2, 0) is 0 Å². The number of anilines is 1. The summed E-state index contributed by atoms with van der Waals surface area (Å²) in [7, 11) is 0. The lowest BCUT2D eigenvalue weighted by Crippen LogP contribution is -2.39. The molecule has 1 atom stereocenters. The van der Waals surface area contributed by atoms with Gasteiger partial charge in [0.05, 0.1) is 28.4 Å². The van der Waals surface area contributed by atoms with Crippen molar-refractivity contribution in [2.24, 2.45) is 5.73 Å². The summed E-state index contributed by atoms with van der Waals surface area (Å²) in [6, 6.07) is 8.28. The normalized spacial score (nSPS) is 18.3. The van der Waals surface area contributed by atoms with Crippen LogP contribution in [0.5, 0.6) is 0 Å². The topological polar surface area (TPSA) is 108 Å². The molecule has 0 amide bonds. The van der Waals surface area contributed by atoms with E-state index in [1.54, 1.807) is 24.7 Å². The van der Waals surface area contributed by atoms with Gasteiger partial charge in [0.2, 0.25) is 0 Å². The molecule has 1 aromatic carbocycles. The minimum absolute atomic E-state index is 0.255. The fourth-order valence-electron chi connectivity index (χ4n) is 4.33. The van der Waals surface area contributed by atoms with Gasteiger partial charge in [0.1, 0.15) is 11.6 Å². The van der Waals surface area contributed by atoms with Crippen molar-refractivity contribution < 1.29 is 4.39 Å². The Balaban J connectivity index is 1.76. The summed E-state index contributed by atoms with van der Waals surface area (Å²) < 4.78 is 14.3. The summed E-state index contributed by atoms with van der Waals surface area (Å²) in [6.07, 6.45) is 6.01. The smallest absolute Gasteiger partial charge is 0.178 e. The van der Waals surface area contributed by atoms with Crippen LogP contribution in [0.4, 0.5) is 10.1 Å². The van der Waals surface area contributed by atoms with Crippen molar-refractivity contribution >= 4 is 16.9 Å². The van der Waals surface area contributed by atoms with Crippen LogP contribution in [0, 0.1) is 24.1 Å². The van der Waals surface area contributed by atoms with E-state index in [4.69, 9.17) is 10.7 Å². The van der Waals surface area contributed by atoms with Crippen molar-refractivity contribution in [3.8, 4) is 28.6 Å². The number of aryl methyl sites for hydroxylation is 1. The zero-order valence-electron chi connectivity index (χ0n) is 17.9. The molecule has 1 unspecified atom stereocenters. The second-order valence-corrected chi connectivity index (χ2v) is 8.66.